The van der Waals surface area contributed by atoms with E-state index in [0.717, 1.165) is 25.3 Å². The average Bonchev–Trinajstić information content (AvgIpc) is 2.75. The Morgan fingerprint density at radius 3 is 3.12 bits per heavy atom. The van der Waals surface area contributed by atoms with Gasteiger partial charge in [0, 0.05) is 38.2 Å². The minimum absolute atomic E-state index is 0.169. The number of hydrogen-bond acceptors (Lipinski definition) is 4. The van der Waals surface area contributed by atoms with Gasteiger partial charge in [0.25, 0.3) is 0 Å². The van der Waals surface area contributed by atoms with E-state index < -0.39 is 0 Å². The monoisotopic (exact) mass is 225 g/mol. The molecule has 90 valence electrons. The van der Waals surface area contributed by atoms with Gasteiger partial charge in [-0.15, -0.1) is 0 Å². The van der Waals surface area contributed by atoms with Gasteiger partial charge in [0.15, 0.2) is 0 Å². The van der Waals surface area contributed by atoms with Gasteiger partial charge in [-0.2, -0.15) is 0 Å². The van der Waals surface area contributed by atoms with E-state index in [1.54, 1.807) is 13.4 Å². The summed E-state index contributed by atoms with van der Waals surface area (Å²) in [6.45, 7) is 3.55. The fourth-order valence-corrected chi connectivity index (χ4v) is 2.10. The van der Waals surface area contributed by atoms with Crippen LogP contribution in [0.1, 0.15) is 19.0 Å². The molecule has 3 unspecified atom stereocenters. The third kappa shape index (κ3) is 2.42. The molecule has 1 fully saturated rings. The van der Waals surface area contributed by atoms with Gasteiger partial charge < -0.3 is 19.8 Å². The molecule has 1 saturated carbocycles. The van der Waals surface area contributed by atoms with Crippen LogP contribution < -0.4 is 5.32 Å². The molecule has 1 heterocycles. The van der Waals surface area contributed by atoms with Crippen molar-refractivity contribution < 1.29 is 9.47 Å². The van der Waals surface area contributed by atoms with E-state index in [0.29, 0.717) is 6.04 Å². The van der Waals surface area contributed by atoms with Crippen molar-refractivity contribution in [2.24, 2.45) is 0 Å². The highest BCUT2D eigenvalue weighted by molar-refractivity contribution is 5.00. The van der Waals surface area contributed by atoms with Crippen molar-refractivity contribution in [1.29, 1.82) is 0 Å². The van der Waals surface area contributed by atoms with E-state index in [2.05, 4.69) is 15.3 Å². The van der Waals surface area contributed by atoms with Crippen LogP contribution in [0.3, 0.4) is 0 Å². The molecule has 1 aliphatic carbocycles. The molecular formula is C11H19N3O2. The largest absolute Gasteiger partial charge is 0.377 e. The Hall–Kier alpha value is -0.910. The lowest BCUT2D eigenvalue weighted by Crippen LogP contribution is -2.59. The maximum Gasteiger partial charge on any atom is 0.0986 e. The number of nitrogens with one attached hydrogen (secondary N) is 2. The minimum Gasteiger partial charge on any atom is -0.377 e. The Kier molecular flexibility index (Phi) is 3.93. The third-order valence-corrected chi connectivity index (χ3v) is 3.01. The summed E-state index contributed by atoms with van der Waals surface area (Å²) in [5.74, 6) is 0. The fraction of sp³-hybridized carbons (Fsp3) is 0.727. The summed E-state index contributed by atoms with van der Waals surface area (Å²) in [7, 11) is 1.74. The number of H-pyrrole nitrogens is 1. The predicted molar refractivity (Wildman–Crippen MR) is 60.0 cm³/mol. The van der Waals surface area contributed by atoms with Crippen LogP contribution in [0.2, 0.25) is 0 Å². The molecule has 0 saturated heterocycles. The van der Waals surface area contributed by atoms with Crippen molar-refractivity contribution in [3.05, 3.63) is 18.2 Å². The summed E-state index contributed by atoms with van der Waals surface area (Å²) < 4.78 is 11.0. The molecule has 1 aromatic heterocycles. The van der Waals surface area contributed by atoms with Gasteiger partial charge in [0.1, 0.15) is 0 Å². The normalized spacial score (nSPS) is 29.0. The zero-order chi connectivity index (χ0) is 11.4. The van der Waals surface area contributed by atoms with Crippen LogP contribution in [0.5, 0.6) is 0 Å². The lowest BCUT2D eigenvalue weighted by molar-refractivity contribution is -0.131. The first-order chi connectivity index (χ1) is 7.85. The Balaban J connectivity index is 1.75. The molecule has 0 bridgehead atoms. The molecule has 5 heteroatoms. The van der Waals surface area contributed by atoms with Crippen LogP contribution in [-0.2, 0) is 16.0 Å². The van der Waals surface area contributed by atoms with Crippen LogP contribution in [0.15, 0.2) is 12.5 Å². The van der Waals surface area contributed by atoms with Gasteiger partial charge in [0.2, 0.25) is 0 Å². The van der Waals surface area contributed by atoms with E-state index >= 15 is 0 Å². The first-order valence-electron chi connectivity index (χ1n) is 5.70. The molecule has 0 amide bonds. The Morgan fingerprint density at radius 1 is 1.62 bits per heavy atom. The fourth-order valence-electron chi connectivity index (χ4n) is 2.10. The Morgan fingerprint density at radius 2 is 2.50 bits per heavy atom. The number of methoxy groups -OCH3 is 1. The molecular weight excluding hydrogens is 206 g/mol. The van der Waals surface area contributed by atoms with Gasteiger partial charge in [-0.3, -0.25) is 0 Å². The summed E-state index contributed by atoms with van der Waals surface area (Å²) in [5, 5.41) is 3.43. The maximum atomic E-state index is 5.56. The van der Waals surface area contributed by atoms with E-state index in [4.69, 9.17) is 9.47 Å². The van der Waals surface area contributed by atoms with Gasteiger partial charge in [-0.25, -0.2) is 4.98 Å². The summed E-state index contributed by atoms with van der Waals surface area (Å²) in [4.78, 5) is 7.04. The lowest BCUT2D eigenvalue weighted by atomic mass is 9.85. The van der Waals surface area contributed by atoms with Crippen LogP contribution in [0.25, 0.3) is 0 Å². The maximum absolute atomic E-state index is 5.56. The molecule has 5 nitrogen and oxygen atoms in total. The second kappa shape index (κ2) is 5.43. The minimum atomic E-state index is 0.169. The van der Waals surface area contributed by atoms with Crippen LogP contribution in [0, 0.1) is 0 Å². The van der Waals surface area contributed by atoms with E-state index in [-0.39, 0.29) is 12.2 Å². The summed E-state index contributed by atoms with van der Waals surface area (Å²) in [5.41, 5.74) is 1.09. The van der Waals surface area contributed by atoms with Crippen LogP contribution >= 0.6 is 0 Å². The SMILES string of the molecule is CCOC1CC(NCc2cnc[nH]2)C1OC. The molecule has 0 radical (unpaired) electrons. The first kappa shape index (κ1) is 11.6. The zero-order valence-corrected chi connectivity index (χ0v) is 9.77. The highest BCUT2D eigenvalue weighted by Gasteiger charge is 2.41. The number of aromatic nitrogens is 2. The lowest BCUT2D eigenvalue weighted by Gasteiger charge is -2.43. The second-order valence-electron chi connectivity index (χ2n) is 3.99. The Labute approximate surface area is 95.6 Å². The highest BCUT2D eigenvalue weighted by atomic mass is 16.5. The number of nitrogens with zero attached hydrogens (tertiary/aromatic N) is 1. The smallest absolute Gasteiger partial charge is 0.0986 e. The second-order valence-corrected chi connectivity index (χ2v) is 3.99. The summed E-state index contributed by atoms with van der Waals surface area (Å²) >= 11 is 0. The number of hydrogen-bond donors (Lipinski definition) is 2. The van der Waals surface area contributed by atoms with Gasteiger partial charge in [-0.05, 0) is 13.3 Å². The van der Waals surface area contributed by atoms with Crippen molar-refractivity contribution in [2.45, 2.75) is 38.1 Å². The van der Waals surface area contributed by atoms with E-state index in [1.165, 1.54) is 0 Å². The number of ether oxygens (including phenoxy) is 2. The molecule has 0 aliphatic heterocycles. The van der Waals surface area contributed by atoms with Gasteiger partial charge in [-0.1, -0.05) is 0 Å². The molecule has 0 spiro atoms. The van der Waals surface area contributed by atoms with Crippen molar-refractivity contribution in [1.82, 2.24) is 15.3 Å². The average molecular weight is 225 g/mol. The molecule has 2 N–H and O–H groups in total. The summed E-state index contributed by atoms with van der Waals surface area (Å²) in [6.07, 6.45) is 4.94. The van der Waals surface area contributed by atoms with Crippen molar-refractivity contribution in [3.63, 3.8) is 0 Å². The Bertz CT molecular complexity index is 302. The quantitative estimate of drug-likeness (QED) is 0.748. The standard InChI is InChI=1S/C11H19N3O2/c1-3-16-10-4-9(11(10)15-2)13-6-8-5-12-7-14-8/h5,7,9-11,13H,3-4,6H2,1-2H3,(H,12,14). The first-order valence-corrected chi connectivity index (χ1v) is 5.70. The van der Waals surface area contributed by atoms with Crippen LogP contribution in [-0.4, -0.2) is 41.9 Å². The molecule has 0 aromatic carbocycles. The molecule has 1 aliphatic rings. The molecule has 1 aromatic rings. The van der Waals surface area contributed by atoms with E-state index in [1.807, 2.05) is 13.1 Å². The molecule has 3 atom stereocenters. The third-order valence-electron chi connectivity index (χ3n) is 3.01. The van der Waals surface area contributed by atoms with Gasteiger partial charge >= 0.3 is 0 Å². The number of imidazole rings is 1. The van der Waals surface area contributed by atoms with E-state index in [9.17, 15) is 0 Å². The van der Waals surface area contributed by atoms with Gasteiger partial charge in [0.05, 0.1) is 18.5 Å². The summed E-state index contributed by atoms with van der Waals surface area (Å²) in [6, 6.07) is 0.379. The number of aromatic amines is 1. The zero-order valence-electron chi connectivity index (χ0n) is 9.77. The van der Waals surface area contributed by atoms with Crippen molar-refractivity contribution in [2.75, 3.05) is 13.7 Å². The van der Waals surface area contributed by atoms with Crippen LogP contribution in [0.4, 0.5) is 0 Å². The topological polar surface area (TPSA) is 59.2 Å². The number of rotatable bonds is 6. The highest BCUT2D eigenvalue weighted by Crippen LogP contribution is 2.26. The predicted octanol–water partition coefficient (Wildman–Crippen LogP) is 0.692. The van der Waals surface area contributed by atoms with Crippen molar-refractivity contribution in [3.8, 4) is 0 Å². The molecule has 2 rings (SSSR count). The molecule has 16 heavy (non-hydrogen) atoms. The van der Waals surface area contributed by atoms with Crippen molar-refractivity contribution >= 4 is 0 Å².